The number of nitrogens with zero attached hydrogens (tertiary/aromatic N) is 1. The van der Waals surface area contributed by atoms with Gasteiger partial charge >= 0.3 is 5.97 Å². The number of carboxylic acid groups (broad SMARTS) is 1. The first-order valence-corrected chi connectivity index (χ1v) is 6.27. The van der Waals surface area contributed by atoms with Crippen LogP contribution < -0.4 is 0 Å². The number of carbonyl (C=O) groups is 2. The summed E-state index contributed by atoms with van der Waals surface area (Å²) in [5.41, 5.74) is -0.786. The maximum Gasteiger partial charge on any atom is 0.329 e. The van der Waals surface area contributed by atoms with Crippen LogP contribution in [0.2, 0.25) is 0 Å². The lowest BCUT2D eigenvalue weighted by Gasteiger charge is -2.46. The van der Waals surface area contributed by atoms with Gasteiger partial charge < -0.3 is 10.0 Å². The van der Waals surface area contributed by atoms with E-state index >= 15 is 0 Å². The van der Waals surface area contributed by atoms with Crippen LogP contribution in [0, 0.1) is 5.41 Å². The van der Waals surface area contributed by atoms with Gasteiger partial charge in [0, 0.05) is 13.5 Å². The molecule has 0 saturated heterocycles. The number of amides is 1. The minimum Gasteiger partial charge on any atom is -0.479 e. The van der Waals surface area contributed by atoms with Crippen LogP contribution in [0.1, 0.15) is 53.4 Å². The lowest BCUT2D eigenvalue weighted by atomic mass is 9.68. The first kappa shape index (κ1) is 14.0. The predicted octanol–water partition coefficient (Wildman–Crippen LogP) is 2.28. The Bertz CT molecular complexity index is 313. The van der Waals surface area contributed by atoms with Gasteiger partial charge in [-0.1, -0.05) is 13.8 Å². The quantitative estimate of drug-likeness (QED) is 0.824. The Morgan fingerprint density at radius 2 is 1.65 bits per heavy atom. The number of aliphatic carboxylic acids is 1. The van der Waals surface area contributed by atoms with E-state index in [-0.39, 0.29) is 11.3 Å². The molecule has 0 heterocycles. The zero-order valence-electron chi connectivity index (χ0n) is 11.2. The molecule has 1 amide bonds. The molecule has 1 rings (SSSR count). The van der Waals surface area contributed by atoms with Gasteiger partial charge in [-0.3, -0.25) is 4.79 Å². The van der Waals surface area contributed by atoms with Crippen molar-refractivity contribution in [1.29, 1.82) is 0 Å². The molecule has 1 aliphatic carbocycles. The molecule has 0 spiro atoms. The molecule has 0 aliphatic heterocycles. The summed E-state index contributed by atoms with van der Waals surface area (Å²) in [5.74, 6) is -1.00. The number of hydrogen-bond donors (Lipinski definition) is 1. The van der Waals surface area contributed by atoms with Crippen molar-refractivity contribution >= 4 is 11.9 Å². The van der Waals surface area contributed by atoms with Crippen molar-refractivity contribution in [3.05, 3.63) is 0 Å². The molecule has 0 radical (unpaired) electrons. The second kappa shape index (κ2) is 4.67. The van der Waals surface area contributed by atoms with Crippen LogP contribution >= 0.6 is 0 Å². The number of carboxylic acids is 1. The second-order valence-electron chi connectivity index (χ2n) is 5.76. The first-order valence-electron chi connectivity index (χ1n) is 6.27. The van der Waals surface area contributed by atoms with Crippen LogP contribution in [0.5, 0.6) is 0 Å². The molecule has 4 nitrogen and oxygen atoms in total. The Morgan fingerprint density at radius 1 is 1.18 bits per heavy atom. The largest absolute Gasteiger partial charge is 0.479 e. The standard InChI is InChI=1S/C13H23NO3/c1-5-14(10(2)15)13(11(16)17)8-6-12(3,4)7-9-13/h5-9H2,1-4H3,(H,16,17). The predicted molar refractivity (Wildman–Crippen MR) is 65.7 cm³/mol. The summed E-state index contributed by atoms with van der Waals surface area (Å²) in [4.78, 5) is 24.7. The summed E-state index contributed by atoms with van der Waals surface area (Å²) in [6.45, 7) is 8.06. The molecular weight excluding hydrogens is 218 g/mol. The molecule has 1 fully saturated rings. The van der Waals surface area contributed by atoms with Crippen LogP contribution in [0.15, 0.2) is 0 Å². The molecule has 17 heavy (non-hydrogen) atoms. The molecule has 0 unspecified atom stereocenters. The van der Waals surface area contributed by atoms with Gasteiger partial charge in [-0.05, 0) is 38.0 Å². The van der Waals surface area contributed by atoms with E-state index in [1.807, 2.05) is 6.92 Å². The third kappa shape index (κ3) is 2.61. The van der Waals surface area contributed by atoms with Gasteiger partial charge in [-0.25, -0.2) is 4.79 Å². The van der Waals surface area contributed by atoms with E-state index in [0.717, 1.165) is 12.8 Å². The van der Waals surface area contributed by atoms with Crippen LogP contribution in [0.3, 0.4) is 0 Å². The Labute approximate surface area is 103 Å². The highest BCUT2D eigenvalue weighted by Crippen LogP contribution is 2.43. The van der Waals surface area contributed by atoms with Gasteiger partial charge in [-0.2, -0.15) is 0 Å². The minimum absolute atomic E-state index is 0.144. The first-order chi connectivity index (χ1) is 7.75. The fourth-order valence-electron chi connectivity index (χ4n) is 2.77. The zero-order chi connectivity index (χ0) is 13.3. The molecule has 98 valence electrons. The highest BCUT2D eigenvalue weighted by atomic mass is 16.4. The molecule has 0 aromatic rings. The normalized spacial score (nSPS) is 21.9. The molecule has 0 atom stereocenters. The number of likely N-dealkylation sites (N-methyl/N-ethyl adjacent to an activating group) is 1. The fraction of sp³-hybridized carbons (Fsp3) is 0.846. The minimum atomic E-state index is -0.976. The fourth-order valence-corrected chi connectivity index (χ4v) is 2.77. The topological polar surface area (TPSA) is 57.6 Å². The number of rotatable bonds is 3. The number of hydrogen-bond acceptors (Lipinski definition) is 2. The second-order valence-corrected chi connectivity index (χ2v) is 5.76. The van der Waals surface area contributed by atoms with Crippen molar-refractivity contribution in [2.24, 2.45) is 5.41 Å². The molecule has 0 aromatic carbocycles. The molecule has 1 saturated carbocycles. The highest BCUT2D eigenvalue weighted by molar-refractivity contribution is 5.86. The van der Waals surface area contributed by atoms with Crippen LogP contribution in [-0.2, 0) is 9.59 Å². The third-order valence-corrected chi connectivity index (χ3v) is 4.04. The van der Waals surface area contributed by atoms with Crippen LogP contribution in [0.25, 0.3) is 0 Å². The molecule has 1 aliphatic rings. The Hall–Kier alpha value is -1.06. The molecule has 0 aromatic heterocycles. The van der Waals surface area contributed by atoms with E-state index in [0.29, 0.717) is 19.4 Å². The smallest absolute Gasteiger partial charge is 0.329 e. The van der Waals surface area contributed by atoms with E-state index < -0.39 is 11.5 Å². The summed E-state index contributed by atoms with van der Waals surface area (Å²) in [5, 5.41) is 9.52. The summed E-state index contributed by atoms with van der Waals surface area (Å²) < 4.78 is 0. The third-order valence-electron chi connectivity index (χ3n) is 4.04. The molecule has 1 N–H and O–H groups in total. The Morgan fingerprint density at radius 3 is 1.94 bits per heavy atom. The van der Waals surface area contributed by atoms with E-state index in [1.54, 1.807) is 0 Å². The van der Waals surface area contributed by atoms with E-state index in [4.69, 9.17) is 0 Å². The summed E-state index contributed by atoms with van der Waals surface area (Å²) in [6.07, 6.45) is 2.82. The number of carbonyl (C=O) groups excluding carboxylic acids is 1. The molecule has 4 heteroatoms. The van der Waals surface area contributed by atoms with Gasteiger partial charge in [0.1, 0.15) is 5.54 Å². The van der Waals surface area contributed by atoms with Gasteiger partial charge in [0.15, 0.2) is 0 Å². The van der Waals surface area contributed by atoms with E-state index in [1.165, 1.54) is 11.8 Å². The van der Waals surface area contributed by atoms with Crippen molar-refractivity contribution in [2.75, 3.05) is 6.54 Å². The van der Waals surface area contributed by atoms with E-state index in [2.05, 4.69) is 13.8 Å². The van der Waals surface area contributed by atoms with Crippen molar-refractivity contribution < 1.29 is 14.7 Å². The molecular formula is C13H23NO3. The van der Waals surface area contributed by atoms with E-state index in [9.17, 15) is 14.7 Å². The average Bonchev–Trinajstić information content (AvgIpc) is 2.20. The van der Waals surface area contributed by atoms with Gasteiger partial charge in [-0.15, -0.1) is 0 Å². The van der Waals surface area contributed by atoms with Crippen molar-refractivity contribution in [2.45, 2.75) is 58.9 Å². The van der Waals surface area contributed by atoms with Crippen LogP contribution in [0.4, 0.5) is 0 Å². The SMILES string of the molecule is CCN(C(C)=O)C1(C(=O)O)CCC(C)(C)CC1. The van der Waals surface area contributed by atoms with Gasteiger partial charge in [0.25, 0.3) is 0 Å². The highest BCUT2D eigenvalue weighted by Gasteiger charge is 2.48. The summed E-state index contributed by atoms with van der Waals surface area (Å²) >= 11 is 0. The Balaban J connectivity index is 3.00. The van der Waals surface area contributed by atoms with Crippen LogP contribution in [-0.4, -0.2) is 34.0 Å². The summed E-state index contributed by atoms with van der Waals surface area (Å²) in [6, 6.07) is 0. The summed E-state index contributed by atoms with van der Waals surface area (Å²) in [7, 11) is 0. The van der Waals surface area contributed by atoms with Gasteiger partial charge in [0.05, 0.1) is 0 Å². The average molecular weight is 241 g/mol. The molecule has 0 bridgehead atoms. The maximum atomic E-state index is 11.6. The lowest BCUT2D eigenvalue weighted by Crippen LogP contribution is -2.58. The van der Waals surface area contributed by atoms with Crippen molar-refractivity contribution in [3.8, 4) is 0 Å². The maximum absolute atomic E-state index is 11.6. The van der Waals surface area contributed by atoms with Gasteiger partial charge in [0.2, 0.25) is 5.91 Å². The van der Waals surface area contributed by atoms with Crippen molar-refractivity contribution in [3.63, 3.8) is 0 Å². The monoisotopic (exact) mass is 241 g/mol. The lowest BCUT2D eigenvalue weighted by molar-refractivity contribution is -0.162. The Kier molecular flexibility index (Phi) is 3.84. The van der Waals surface area contributed by atoms with Crippen molar-refractivity contribution in [1.82, 2.24) is 4.90 Å². The zero-order valence-corrected chi connectivity index (χ0v) is 11.2.